The number of hydrogen-bond donors (Lipinski definition) is 2. The second-order valence-electron chi connectivity index (χ2n) is 6.13. The van der Waals surface area contributed by atoms with Crippen molar-refractivity contribution in [1.82, 2.24) is 20.2 Å². The Kier molecular flexibility index (Phi) is 5.78. The number of benzene rings is 2. The van der Waals surface area contributed by atoms with Crippen molar-refractivity contribution in [3.05, 3.63) is 76.1 Å². The highest BCUT2D eigenvalue weighted by molar-refractivity contribution is 5.96. The van der Waals surface area contributed by atoms with E-state index >= 15 is 0 Å². The molecule has 0 saturated heterocycles. The Morgan fingerprint density at radius 2 is 1.86 bits per heavy atom. The molecule has 2 aromatic carbocycles. The third-order valence-corrected chi connectivity index (χ3v) is 4.24. The molecule has 144 valence electrons. The molecule has 0 radical (unpaired) electrons. The van der Waals surface area contributed by atoms with Gasteiger partial charge >= 0.3 is 0 Å². The predicted octanol–water partition coefficient (Wildman–Crippen LogP) is 1.84. The molecule has 2 amide bonds. The molecule has 0 spiro atoms. The first-order chi connectivity index (χ1) is 13.5. The van der Waals surface area contributed by atoms with Crippen LogP contribution in [0, 0.1) is 5.82 Å². The maximum Gasteiger partial charge on any atom is 0.258 e. The van der Waals surface area contributed by atoms with Crippen molar-refractivity contribution in [2.24, 2.45) is 0 Å². The molecule has 0 aliphatic heterocycles. The smallest absolute Gasteiger partial charge is 0.258 e. The van der Waals surface area contributed by atoms with Crippen molar-refractivity contribution in [3.8, 4) is 0 Å². The molecular formula is C20H19FN4O3. The first-order valence-corrected chi connectivity index (χ1v) is 8.77. The Morgan fingerprint density at radius 3 is 2.57 bits per heavy atom. The number of likely N-dealkylation sites (N-methyl/N-ethyl adjacent to an activating group) is 1. The number of aromatic nitrogens is 2. The highest BCUT2D eigenvalue weighted by atomic mass is 19.1. The van der Waals surface area contributed by atoms with Gasteiger partial charge in [-0.1, -0.05) is 12.1 Å². The Bertz CT molecular complexity index is 1060. The van der Waals surface area contributed by atoms with Gasteiger partial charge in [0.25, 0.3) is 11.5 Å². The number of amides is 2. The summed E-state index contributed by atoms with van der Waals surface area (Å²) >= 11 is 0. The summed E-state index contributed by atoms with van der Waals surface area (Å²) in [4.78, 5) is 45.2. The number of halogens is 1. The minimum absolute atomic E-state index is 0.113. The molecule has 8 heteroatoms. The van der Waals surface area contributed by atoms with Gasteiger partial charge in [0.2, 0.25) is 5.91 Å². The lowest BCUT2D eigenvalue weighted by molar-refractivity contribution is -0.130. The fourth-order valence-electron chi connectivity index (χ4n) is 2.74. The first kappa shape index (κ1) is 19.2. The third kappa shape index (κ3) is 4.40. The van der Waals surface area contributed by atoms with Gasteiger partial charge in [-0.15, -0.1) is 0 Å². The van der Waals surface area contributed by atoms with Gasteiger partial charge in [-0.25, -0.2) is 9.37 Å². The maximum absolute atomic E-state index is 12.9. The zero-order valence-electron chi connectivity index (χ0n) is 15.2. The van der Waals surface area contributed by atoms with Crippen LogP contribution in [0.4, 0.5) is 4.39 Å². The summed E-state index contributed by atoms with van der Waals surface area (Å²) in [7, 11) is 0. The predicted molar refractivity (Wildman–Crippen MR) is 102 cm³/mol. The van der Waals surface area contributed by atoms with Crippen molar-refractivity contribution in [1.29, 1.82) is 0 Å². The molecule has 3 aromatic rings. The van der Waals surface area contributed by atoms with E-state index < -0.39 is 11.7 Å². The van der Waals surface area contributed by atoms with Crippen LogP contribution in [0.15, 0.2) is 53.3 Å². The average Bonchev–Trinajstić information content (AvgIpc) is 2.70. The number of nitrogens with one attached hydrogen (secondary N) is 2. The van der Waals surface area contributed by atoms with Gasteiger partial charge in [-0.05, 0) is 43.3 Å². The molecule has 0 aliphatic carbocycles. The maximum atomic E-state index is 12.9. The molecule has 0 unspecified atom stereocenters. The summed E-state index contributed by atoms with van der Waals surface area (Å²) in [5.41, 5.74) is 0.542. The summed E-state index contributed by atoms with van der Waals surface area (Å²) in [6, 6.07) is 12.0. The van der Waals surface area contributed by atoms with Gasteiger partial charge in [-0.2, -0.15) is 0 Å². The highest BCUT2D eigenvalue weighted by Gasteiger charge is 2.16. The fraction of sp³-hybridized carbons (Fsp3) is 0.200. The second-order valence-corrected chi connectivity index (χ2v) is 6.13. The molecule has 1 aromatic heterocycles. The van der Waals surface area contributed by atoms with E-state index in [1.807, 2.05) is 0 Å². The molecule has 0 fully saturated rings. The summed E-state index contributed by atoms with van der Waals surface area (Å²) in [6.07, 6.45) is 0. The quantitative estimate of drug-likeness (QED) is 0.680. The van der Waals surface area contributed by atoms with Crippen LogP contribution in [-0.2, 0) is 11.3 Å². The summed E-state index contributed by atoms with van der Waals surface area (Å²) in [5, 5.41) is 2.99. The van der Waals surface area contributed by atoms with E-state index in [1.165, 1.54) is 29.2 Å². The van der Waals surface area contributed by atoms with Crippen LogP contribution >= 0.6 is 0 Å². The van der Waals surface area contributed by atoms with Gasteiger partial charge in [0.05, 0.1) is 24.0 Å². The number of rotatable bonds is 6. The van der Waals surface area contributed by atoms with Crippen LogP contribution in [-0.4, -0.2) is 39.8 Å². The molecule has 0 bridgehead atoms. The number of hydrogen-bond acceptors (Lipinski definition) is 4. The Morgan fingerprint density at radius 1 is 1.14 bits per heavy atom. The lowest BCUT2D eigenvalue weighted by Crippen LogP contribution is -2.40. The normalized spacial score (nSPS) is 10.6. The number of nitrogens with zero attached hydrogens (tertiary/aromatic N) is 2. The standard InChI is InChI=1S/C20H19FN4O3/c1-2-25(12-17-23-16-6-4-3-5-15(16)20(28)24-17)18(26)11-22-19(27)13-7-9-14(21)10-8-13/h3-10H,2,11-12H2,1H3,(H,22,27)(H,23,24,28). The van der Waals surface area contributed by atoms with Gasteiger partial charge in [-0.3, -0.25) is 14.4 Å². The fourth-order valence-corrected chi connectivity index (χ4v) is 2.74. The molecule has 0 saturated carbocycles. The zero-order chi connectivity index (χ0) is 20.1. The zero-order valence-corrected chi connectivity index (χ0v) is 15.2. The van der Waals surface area contributed by atoms with Gasteiger partial charge in [0, 0.05) is 12.1 Å². The van der Waals surface area contributed by atoms with E-state index in [9.17, 15) is 18.8 Å². The summed E-state index contributed by atoms with van der Waals surface area (Å²) < 4.78 is 12.9. The van der Waals surface area contributed by atoms with Crippen molar-refractivity contribution >= 4 is 22.7 Å². The van der Waals surface area contributed by atoms with E-state index in [2.05, 4.69) is 15.3 Å². The molecular weight excluding hydrogens is 363 g/mol. The van der Waals surface area contributed by atoms with Gasteiger partial charge in [0.1, 0.15) is 11.6 Å². The van der Waals surface area contributed by atoms with Crippen LogP contribution in [0.25, 0.3) is 10.9 Å². The summed E-state index contributed by atoms with van der Waals surface area (Å²) in [5.74, 6) is -0.874. The Hall–Kier alpha value is -3.55. The average molecular weight is 382 g/mol. The van der Waals surface area contributed by atoms with Crippen molar-refractivity contribution in [2.45, 2.75) is 13.5 Å². The minimum Gasteiger partial charge on any atom is -0.343 e. The van der Waals surface area contributed by atoms with Crippen LogP contribution < -0.4 is 10.9 Å². The minimum atomic E-state index is -0.471. The number of H-pyrrole nitrogens is 1. The topological polar surface area (TPSA) is 95.2 Å². The monoisotopic (exact) mass is 382 g/mol. The van der Waals surface area contributed by atoms with Crippen molar-refractivity contribution in [3.63, 3.8) is 0 Å². The van der Waals surface area contributed by atoms with Crippen LogP contribution in [0.2, 0.25) is 0 Å². The number of para-hydroxylation sites is 1. The summed E-state index contributed by atoms with van der Waals surface area (Å²) in [6.45, 7) is 2.06. The molecule has 28 heavy (non-hydrogen) atoms. The third-order valence-electron chi connectivity index (χ3n) is 4.24. The van der Waals surface area contributed by atoms with Gasteiger partial charge < -0.3 is 15.2 Å². The van der Waals surface area contributed by atoms with E-state index in [1.54, 1.807) is 31.2 Å². The van der Waals surface area contributed by atoms with E-state index in [4.69, 9.17) is 0 Å². The van der Waals surface area contributed by atoms with Crippen LogP contribution in [0.3, 0.4) is 0 Å². The lowest BCUT2D eigenvalue weighted by Gasteiger charge is -2.20. The van der Waals surface area contributed by atoms with Crippen molar-refractivity contribution < 1.29 is 14.0 Å². The van der Waals surface area contributed by atoms with E-state index in [0.29, 0.717) is 23.3 Å². The first-order valence-electron chi connectivity index (χ1n) is 8.77. The van der Waals surface area contributed by atoms with E-state index in [0.717, 1.165) is 0 Å². The molecule has 7 nitrogen and oxygen atoms in total. The molecule has 0 atom stereocenters. The Labute approximate surface area is 160 Å². The molecule has 2 N–H and O–H groups in total. The highest BCUT2D eigenvalue weighted by Crippen LogP contribution is 2.07. The Balaban J connectivity index is 1.66. The van der Waals surface area contributed by atoms with Gasteiger partial charge in [0.15, 0.2) is 0 Å². The number of aromatic amines is 1. The largest absolute Gasteiger partial charge is 0.343 e. The lowest BCUT2D eigenvalue weighted by atomic mass is 10.2. The molecule has 0 aliphatic rings. The number of carbonyl (C=O) groups is 2. The second kappa shape index (κ2) is 8.43. The van der Waals surface area contributed by atoms with Crippen molar-refractivity contribution in [2.75, 3.05) is 13.1 Å². The number of fused-ring (bicyclic) bond motifs is 1. The molecule has 1 heterocycles. The van der Waals surface area contributed by atoms with Crippen LogP contribution in [0.1, 0.15) is 23.1 Å². The number of carbonyl (C=O) groups excluding carboxylic acids is 2. The van der Waals surface area contributed by atoms with Crippen LogP contribution in [0.5, 0.6) is 0 Å². The molecule has 3 rings (SSSR count). The van der Waals surface area contributed by atoms with E-state index in [-0.39, 0.29) is 30.1 Å². The SMILES string of the molecule is CCN(Cc1nc2ccccc2c(=O)[nH]1)C(=O)CNC(=O)c1ccc(F)cc1.